The number of carbonyl (C=O) groups excluding carboxylic acids is 1. The van der Waals surface area contributed by atoms with Crippen LogP contribution in [-0.2, 0) is 17.8 Å². The number of aldehydes is 1. The van der Waals surface area contributed by atoms with Crippen molar-refractivity contribution in [2.45, 2.75) is 51.2 Å². The highest BCUT2D eigenvalue weighted by Gasteiger charge is 2.26. The van der Waals surface area contributed by atoms with Gasteiger partial charge in [0.2, 0.25) is 0 Å². The number of halogens is 2. The lowest BCUT2D eigenvalue weighted by molar-refractivity contribution is -0.107. The summed E-state index contributed by atoms with van der Waals surface area (Å²) in [6, 6.07) is 13.3. The van der Waals surface area contributed by atoms with Crippen LogP contribution in [0.1, 0.15) is 37.3 Å². The lowest BCUT2D eigenvalue weighted by Crippen LogP contribution is -2.45. The normalized spacial score (nSPS) is 16.4. The minimum absolute atomic E-state index is 0.218. The molecule has 0 aliphatic carbocycles. The van der Waals surface area contributed by atoms with Crippen LogP contribution in [-0.4, -0.2) is 42.9 Å². The van der Waals surface area contributed by atoms with Gasteiger partial charge in [-0.15, -0.1) is 0 Å². The molecule has 162 valence electrons. The summed E-state index contributed by atoms with van der Waals surface area (Å²) in [4.78, 5) is 15.5. The molecule has 1 aliphatic rings. The van der Waals surface area contributed by atoms with Gasteiger partial charge in [0.1, 0.15) is 12.1 Å². The summed E-state index contributed by atoms with van der Waals surface area (Å²) in [7, 11) is 0. The zero-order valence-corrected chi connectivity index (χ0v) is 18.3. The third-order valence-corrected chi connectivity index (χ3v) is 6.07. The van der Waals surface area contributed by atoms with E-state index in [1.165, 1.54) is 6.07 Å². The third kappa shape index (κ3) is 6.27. The molecule has 2 aromatic carbocycles. The fourth-order valence-corrected chi connectivity index (χ4v) is 4.23. The second-order valence-electron chi connectivity index (χ2n) is 8.24. The molecule has 2 N–H and O–H groups in total. The van der Waals surface area contributed by atoms with Crippen LogP contribution in [0.3, 0.4) is 0 Å². The number of carbonyl (C=O) groups is 1. The van der Waals surface area contributed by atoms with Crippen molar-refractivity contribution in [2.75, 3.05) is 24.5 Å². The zero-order valence-electron chi connectivity index (χ0n) is 17.6. The molecular formula is C24H31ClFN3O. The fourth-order valence-electron chi connectivity index (χ4n) is 4.04. The molecule has 30 heavy (non-hydrogen) atoms. The van der Waals surface area contributed by atoms with Crippen molar-refractivity contribution in [3.63, 3.8) is 0 Å². The largest absolute Gasteiger partial charge is 0.364 e. The van der Waals surface area contributed by atoms with Gasteiger partial charge < -0.3 is 20.3 Å². The van der Waals surface area contributed by atoms with Crippen LogP contribution in [0.15, 0.2) is 42.5 Å². The highest BCUT2D eigenvalue weighted by molar-refractivity contribution is 6.30. The Balaban J connectivity index is 1.77. The first-order chi connectivity index (χ1) is 14.5. The summed E-state index contributed by atoms with van der Waals surface area (Å²) in [5, 5.41) is 0.540. The number of hydrogen-bond donors (Lipinski definition) is 1. The van der Waals surface area contributed by atoms with Gasteiger partial charge in [-0.3, -0.25) is 0 Å². The van der Waals surface area contributed by atoms with Gasteiger partial charge in [0.05, 0.1) is 0 Å². The van der Waals surface area contributed by atoms with Crippen molar-refractivity contribution in [1.82, 2.24) is 4.90 Å². The SMILES string of the molecule is CC(N)CCN1CCC(N(Cc2cc(Cl)ccc2F)c2ccc(CC=O)cc2)CC1. The predicted octanol–water partition coefficient (Wildman–Crippen LogP) is 4.43. The molecule has 1 heterocycles. The number of nitrogens with zero attached hydrogens (tertiary/aromatic N) is 2. The second-order valence-corrected chi connectivity index (χ2v) is 8.68. The van der Waals surface area contributed by atoms with Crippen LogP contribution in [0, 0.1) is 5.82 Å². The minimum Gasteiger partial charge on any atom is -0.364 e. The van der Waals surface area contributed by atoms with Gasteiger partial charge in [-0.2, -0.15) is 0 Å². The van der Waals surface area contributed by atoms with E-state index in [0.717, 1.165) is 56.4 Å². The maximum absolute atomic E-state index is 14.5. The van der Waals surface area contributed by atoms with Crippen molar-refractivity contribution in [1.29, 1.82) is 0 Å². The Morgan fingerprint density at radius 2 is 1.93 bits per heavy atom. The number of rotatable bonds is 9. The van der Waals surface area contributed by atoms with Crippen molar-refractivity contribution in [3.05, 3.63) is 64.4 Å². The first-order valence-electron chi connectivity index (χ1n) is 10.7. The molecule has 1 unspecified atom stereocenters. The van der Waals surface area contributed by atoms with Crippen molar-refractivity contribution >= 4 is 23.6 Å². The van der Waals surface area contributed by atoms with Gasteiger partial charge >= 0.3 is 0 Å². The van der Waals surface area contributed by atoms with Crippen LogP contribution in [0.25, 0.3) is 0 Å². The van der Waals surface area contributed by atoms with E-state index in [9.17, 15) is 9.18 Å². The Morgan fingerprint density at radius 1 is 1.23 bits per heavy atom. The molecule has 2 aromatic rings. The second kappa shape index (κ2) is 10.9. The maximum Gasteiger partial charge on any atom is 0.128 e. The van der Waals surface area contributed by atoms with Gasteiger partial charge in [0.15, 0.2) is 0 Å². The van der Waals surface area contributed by atoms with Gasteiger partial charge in [0, 0.05) is 54.4 Å². The van der Waals surface area contributed by atoms with E-state index >= 15 is 0 Å². The first-order valence-corrected chi connectivity index (χ1v) is 11.0. The van der Waals surface area contributed by atoms with E-state index in [0.29, 0.717) is 29.6 Å². The van der Waals surface area contributed by atoms with Crippen molar-refractivity contribution < 1.29 is 9.18 Å². The standard InChI is InChI=1S/C24H31ClFN3O/c1-18(27)8-12-28-13-9-23(10-14-28)29(17-20-16-21(25)4-7-24(20)26)22-5-2-19(3-6-22)11-15-30/h2-7,15-16,18,23H,8-14,17,27H2,1H3. The van der Waals surface area contributed by atoms with Crippen LogP contribution < -0.4 is 10.6 Å². The summed E-state index contributed by atoms with van der Waals surface area (Å²) in [5.41, 5.74) is 8.52. The van der Waals surface area contributed by atoms with Crippen LogP contribution in [0.4, 0.5) is 10.1 Å². The predicted molar refractivity (Wildman–Crippen MR) is 122 cm³/mol. The average Bonchev–Trinajstić information content (AvgIpc) is 2.74. The molecule has 1 aliphatic heterocycles. The Bertz CT molecular complexity index is 820. The van der Waals surface area contributed by atoms with Crippen LogP contribution in [0.2, 0.25) is 5.02 Å². The summed E-state index contributed by atoms with van der Waals surface area (Å²) in [5.74, 6) is -0.239. The summed E-state index contributed by atoms with van der Waals surface area (Å²) >= 11 is 6.13. The molecule has 0 bridgehead atoms. The van der Waals surface area contributed by atoms with Gasteiger partial charge in [-0.05, 0) is 68.6 Å². The highest BCUT2D eigenvalue weighted by atomic mass is 35.5. The molecule has 1 atom stereocenters. The molecule has 3 rings (SSSR count). The molecule has 0 radical (unpaired) electrons. The van der Waals surface area contributed by atoms with E-state index in [1.54, 1.807) is 12.1 Å². The van der Waals surface area contributed by atoms with E-state index < -0.39 is 0 Å². The molecule has 0 spiro atoms. The van der Waals surface area contributed by atoms with Gasteiger partial charge in [-0.1, -0.05) is 23.7 Å². The number of nitrogens with two attached hydrogens (primary N) is 1. The van der Waals surface area contributed by atoms with Crippen LogP contribution >= 0.6 is 11.6 Å². The Hall–Kier alpha value is -1.95. The van der Waals surface area contributed by atoms with Gasteiger partial charge in [0.25, 0.3) is 0 Å². The number of piperidine rings is 1. The molecule has 0 amide bonds. The number of likely N-dealkylation sites (tertiary alicyclic amines) is 1. The molecule has 0 saturated carbocycles. The number of anilines is 1. The van der Waals surface area contributed by atoms with E-state index in [1.807, 2.05) is 31.2 Å². The molecule has 6 heteroatoms. The zero-order chi connectivity index (χ0) is 21.5. The smallest absolute Gasteiger partial charge is 0.128 e. The van der Waals surface area contributed by atoms with E-state index in [2.05, 4.69) is 9.80 Å². The monoisotopic (exact) mass is 431 g/mol. The third-order valence-electron chi connectivity index (χ3n) is 5.83. The molecule has 4 nitrogen and oxygen atoms in total. The number of benzene rings is 2. The van der Waals surface area contributed by atoms with Crippen LogP contribution in [0.5, 0.6) is 0 Å². The Morgan fingerprint density at radius 3 is 2.57 bits per heavy atom. The first kappa shape index (κ1) is 22.7. The fraction of sp³-hybridized carbons (Fsp3) is 0.458. The lowest BCUT2D eigenvalue weighted by atomic mass is 10.00. The van der Waals surface area contributed by atoms with E-state index in [-0.39, 0.29) is 11.9 Å². The molecular weight excluding hydrogens is 401 g/mol. The van der Waals surface area contributed by atoms with Crippen molar-refractivity contribution in [3.8, 4) is 0 Å². The number of hydrogen-bond acceptors (Lipinski definition) is 4. The summed E-state index contributed by atoms with van der Waals surface area (Å²) in [6.45, 7) is 5.55. The maximum atomic E-state index is 14.5. The van der Waals surface area contributed by atoms with E-state index in [4.69, 9.17) is 17.3 Å². The summed E-state index contributed by atoms with van der Waals surface area (Å²) in [6.07, 6.45) is 4.34. The van der Waals surface area contributed by atoms with Gasteiger partial charge in [-0.25, -0.2) is 4.39 Å². The Kier molecular flexibility index (Phi) is 8.25. The lowest BCUT2D eigenvalue weighted by Gasteiger charge is -2.40. The molecule has 0 aromatic heterocycles. The quantitative estimate of drug-likeness (QED) is 0.597. The minimum atomic E-state index is -0.239. The summed E-state index contributed by atoms with van der Waals surface area (Å²) < 4.78 is 14.5. The average molecular weight is 432 g/mol. The molecule has 1 saturated heterocycles. The van der Waals surface area contributed by atoms with Crippen molar-refractivity contribution in [2.24, 2.45) is 5.73 Å². The molecule has 1 fully saturated rings. The highest BCUT2D eigenvalue weighted by Crippen LogP contribution is 2.28. The topological polar surface area (TPSA) is 49.6 Å². The Labute approximate surface area is 183 Å².